The van der Waals surface area contributed by atoms with Gasteiger partial charge in [0, 0.05) is 26.7 Å². The smallest absolute Gasteiger partial charge is 0.332 e. The van der Waals surface area contributed by atoms with Gasteiger partial charge in [-0.2, -0.15) is 0 Å². The van der Waals surface area contributed by atoms with E-state index in [9.17, 15) is 30.0 Å². The van der Waals surface area contributed by atoms with Crippen LogP contribution in [0, 0.1) is 0 Å². The van der Waals surface area contributed by atoms with E-state index in [1.165, 1.54) is 14.1 Å². The van der Waals surface area contributed by atoms with Crippen LogP contribution in [0.25, 0.3) is 0 Å². The van der Waals surface area contributed by atoms with Gasteiger partial charge < -0.3 is 30.8 Å². The fourth-order valence-electron chi connectivity index (χ4n) is 1.80. The molecular weight excluding hydrogens is 298 g/mol. The average Bonchev–Trinajstić information content (AvgIpc) is 2.52. The number of hydrogen-bond acceptors (Lipinski definition) is 8. The lowest BCUT2D eigenvalue weighted by Crippen LogP contribution is -2.48. The van der Waals surface area contributed by atoms with Gasteiger partial charge in [0.25, 0.3) is 5.56 Å². The Kier molecular flexibility index (Phi) is 6.26. The minimum Gasteiger partial charge on any atom is -0.394 e. The van der Waals surface area contributed by atoms with Crippen LogP contribution < -0.4 is 16.6 Å². The Morgan fingerprint density at radius 2 is 1.59 bits per heavy atom. The van der Waals surface area contributed by atoms with Crippen LogP contribution in [-0.2, 0) is 14.1 Å². The first-order valence-electron chi connectivity index (χ1n) is 6.54. The highest BCUT2D eigenvalue weighted by molar-refractivity contribution is 5.34. The molecule has 0 fully saturated rings. The molecule has 0 aliphatic carbocycles. The van der Waals surface area contributed by atoms with Crippen LogP contribution >= 0.6 is 0 Å². The van der Waals surface area contributed by atoms with Gasteiger partial charge in [-0.3, -0.25) is 13.9 Å². The number of nitrogens with zero attached hydrogens (tertiary/aromatic N) is 2. The van der Waals surface area contributed by atoms with Crippen molar-refractivity contribution in [1.82, 2.24) is 9.13 Å². The van der Waals surface area contributed by atoms with Crippen LogP contribution in [0.4, 0.5) is 5.82 Å². The molecule has 1 rings (SSSR count). The molecule has 4 atom stereocenters. The van der Waals surface area contributed by atoms with Crippen LogP contribution in [0.1, 0.15) is 0 Å². The molecule has 10 nitrogen and oxygen atoms in total. The maximum absolute atomic E-state index is 11.7. The highest BCUT2D eigenvalue weighted by Crippen LogP contribution is 2.06. The van der Waals surface area contributed by atoms with Gasteiger partial charge in [0.2, 0.25) is 0 Å². The summed E-state index contributed by atoms with van der Waals surface area (Å²) in [6, 6.07) is 1.14. The molecule has 0 amide bonds. The number of hydrogen-bond donors (Lipinski definition) is 6. The third-order valence-electron chi connectivity index (χ3n) is 3.34. The second kappa shape index (κ2) is 7.51. The van der Waals surface area contributed by atoms with Crippen molar-refractivity contribution in [1.29, 1.82) is 0 Å². The van der Waals surface area contributed by atoms with Crippen molar-refractivity contribution in [3.05, 3.63) is 26.9 Å². The van der Waals surface area contributed by atoms with Crippen molar-refractivity contribution in [2.75, 3.05) is 18.5 Å². The van der Waals surface area contributed by atoms with Crippen molar-refractivity contribution in [2.45, 2.75) is 24.4 Å². The van der Waals surface area contributed by atoms with Crippen LogP contribution in [0.2, 0.25) is 0 Å². The van der Waals surface area contributed by atoms with Crippen molar-refractivity contribution in [3.8, 4) is 0 Å². The maximum Gasteiger partial charge on any atom is 0.332 e. The van der Waals surface area contributed by atoms with E-state index < -0.39 is 42.3 Å². The zero-order valence-corrected chi connectivity index (χ0v) is 12.2. The van der Waals surface area contributed by atoms with E-state index in [1.807, 2.05) is 0 Å². The van der Waals surface area contributed by atoms with Gasteiger partial charge in [-0.25, -0.2) is 4.79 Å². The maximum atomic E-state index is 11.7. The minimum absolute atomic E-state index is 0.122. The lowest BCUT2D eigenvalue weighted by atomic mass is 10.0. The Bertz CT molecular complexity index is 612. The summed E-state index contributed by atoms with van der Waals surface area (Å²) >= 11 is 0. The Balaban J connectivity index is 2.79. The van der Waals surface area contributed by atoms with Crippen LogP contribution in [0.3, 0.4) is 0 Å². The number of aromatic nitrogens is 2. The van der Waals surface area contributed by atoms with E-state index in [0.29, 0.717) is 0 Å². The number of aliphatic hydroxyl groups excluding tert-OH is 5. The Morgan fingerprint density at radius 1 is 1.05 bits per heavy atom. The SMILES string of the molecule is Cn1c(NCC(O)C(O)C(O)C(O)CO)cc(=O)n(C)c1=O. The second-order valence-corrected chi connectivity index (χ2v) is 4.95. The lowest BCUT2D eigenvalue weighted by Gasteiger charge is -2.26. The number of aliphatic hydroxyl groups is 5. The summed E-state index contributed by atoms with van der Waals surface area (Å²) < 4.78 is 2.04. The van der Waals surface area contributed by atoms with Gasteiger partial charge in [0.1, 0.15) is 24.1 Å². The topological polar surface area (TPSA) is 157 Å². The second-order valence-electron chi connectivity index (χ2n) is 4.95. The predicted octanol–water partition coefficient (Wildman–Crippen LogP) is -4.07. The van der Waals surface area contributed by atoms with Gasteiger partial charge in [-0.1, -0.05) is 0 Å². The molecule has 0 saturated heterocycles. The zero-order chi connectivity index (χ0) is 17.0. The molecule has 0 aliphatic rings. The van der Waals surface area contributed by atoms with E-state index in [2.05, 4.69) is 5.32 Å². The summed E-state index contributed by atoms with van der Waals surface area (Å²) in [7, 11) is 2.73. The molecule has 0 aliphatic heterocycles. The first-order valence-corrected chi connectivity index (χ1v) is 6.54. The van der Waals surface area contributed by atoms with Gasteiger partial charge in [0.05, 0.1) is 12.7 Å². The van der Waals surface area contributed by atoms with Gasteiger partial charge in [-0.05, 0) is 0 Å². The quantitative estimate of drug-likeness (QED) is 0.296. The standard InChI is InChI=1S/C12H21N3O7/c1-14-8(3-9(19)15(2)12(14)22)13-4-6(17)10(20)11(21)7(18)5-16/h3,6-7,10-11,13,16-18,20-21H,4-5H2,1-2H3. The van der Waals surface area contributed by atoms with Crippen molar-refractivity contribution >= 4 is 5.82 Å². The summed E-state index contributed by atoms with van der Waals surface area (Å²) in [6.07, 6.45) is -6.57. The van der Waals surface area contributed by atoms with Crippen molar-refractivity contribution in [2.24, 2.45) is 14.1 Å². The first kappa shape index (κ1) is 18.3. The molecule has 0 spiro atoms. The molecule has 10 heteroatoms. The molecule has 126 valence electrons. The van der Waals surface area contributed by atoms with Crippen LogP contribution in [-0.4, -0.2) is 72.2 Å². The average molecular weight is 319 g/mol. The molecule has 1 aromatic rings. The van der Waals surface area contributed by atoms with Gasteiger partial charge in [0.15, 0.2) is 0 Å². The number of anilines is 1. The molecular formula is C12H21N3O7. The summed E-state index contributed by atoms with van der Waals surface area (Å²) in [5.41, 5.74) is -1.11. The predicted molar refractivity (Wildman–Crippen MR) is 76.5 cm³/mol. The van der Waals surface area contributed by atoms with E-state index in [1.54, 1.807) is 0 Å². The summed E-state index contributed by atoms with van der Waals surface area (Å²) in [5.74, 6) is 0.122. The van der Waals surface area contributed by atoms with Crippen molar-refractivity contribution in [3.63, 3.8) is 0 Å². The fourth-order valence-corrected chi connectivity index (χ4v) is 1.80. The number of nitrogens with one attached hydrogen (secondary N) is 1. The third kappa shape index (κ3) is 3.93. The van der Waals surface area contributed by atoms with E-state index in [-0.39, 0.29) is 12.4 Å². The molecule has 6 N–H and O–H groups in total. The van der Waals surface area contributed by atoms with Crippen LogP contribution in [0.15, 0.2) is 15.7 Å². The van der Waals surface area contributed by atoms with Gasteiger partial charge in [-0.15, -0.1) is 0 Å². The third-order valence-corrected chi connectivity index (χ3v) is 3.34. The molecule has 0 aromatic carbocycles. The molecule has 22 heavy (non-hydrogen) atoms. The number of rotatable bonds is 7. The zero-order valence-electron chi connectivity index (χ0n) is 12.2. The highest BCUT2D eigenvalue weighted by Gasteiger charge is 2.29. The molecule has 0 saturated carbocycles. The fraction of sp³-hybridized carbons (Fsp3) is 0.667. The van der Waals surface area contributed by atoms with Crippen LogP contribution in [0.5, 0.6) is 0 Å². The monoisotopic (exact) mass is 319 g/mol. The summed E-state index contributed by atoms with van der Waals surface area (Å²) in [6.45, 7) is -1.07. The Hall–Kier alpha value is -1.72. The Morgan fingerprint density at radius 3 is 2.14 bits per heavy atom. The van der Waals surface area contributed by atoms with E-state index in [4.69, 9.17) is 5.11 Å². The minimum atomic E-state index is -1.74. The summed E-state index contributed by atoms with van der Waals surface area (Å²) in [5, 5.41) is 49.3. The van der Waals surface area contributed by atoms with Gasteiger partial charge >= 0.3 is 5.69 Å². The Labute approximate surface area is 125 Å². The lowest BCUT2D eigenvalue weighted by molar-refractivity contribution is -0.111. The molecule has 0 bridgehead atoms. The van der Waals surface area contributed by atoms with E-state index in [0.717, 1.165) is 15.2 Å². The molecule has 1 aromatic heterocycles. The van der Waals surface area contributed by atoms with E-state index >= 15 is 0 Å². The molecule has 1 heterocycles. The largest absolute Gasteiger partial charge is 0.394 e. The molecule has 4 unspecified atom stereocenters. The first-order chi connectivity index (χ1) is 10.2. The normalized spacial score (nSPS) is 16.9. The molecule has 0 radical (unpaired) electrons. The summed E-state index contributed by atoms with van der Waals surface area (Å²) in [4.78, 5) is 23.2. The van der Waals surface area contributed by atoms with Crippen molar-refractivity contribution < 1.29 is 25.5 Å². The highest BCUT2D eigenvalue weighted by atomic mass is 16.4.